The second-order valence-electron chi connectivity index (χ2n) is 18.9. The SMILES string of the molecule is CC[C@H](C)[C@@H]([C@@H](CC(=O)N1CCC[C@H]1[C@H](OC)[C@@H](C)C(=O)N[C@@H](Cc1ccccc1)C(=O)N(C)CCN(C)C(=O)OC(C)(C)C)OC)N(C)C(=O)[C@@H](N=C(N(C)C)N(C)C)C(C)C. The number of rotatable bonds is 21. The molecule has 0 bridgehead atoms. The topological polar surface area (TPSA) is 157 Å². The predicted molar refractivity (Wildman–Crippen MR) is 248 cm³/mol. The number of likely N-dealkylation sites (N-methyl/N-ethyl adjacent to an activating group) is 3. The molecule has 63 heavy (non-hydrogen) atoms. The van der Waals surface area contributed by atoms with Crippen LogP contribution in [0.1, 0.15) is 86.6 Å². The third-order valence-electron chi connectivity index (χ3n) is 11.9. The lowest BCUT2D eigenvalue weighted by Crippen LogP contribution is -2.56. The maximum absolute atomic E-state index is 14.4. The van der Waals surface area contributed by atoms with E-state index in [0.29, 0.717) is 18.9 Å². The van der Waals surface area contributed by atoms with Crippen LogP contribution in [0.25, 0.3) is 0 Å². The Hall–Kier alpha value is -4.44. The van der Waals surface area contributed by atoms with Crippen molar-refractivity contribution in [1.29, 1.82) is 0 Å². The normalized spacial score (nSPS) is 17.4. The first-order valence-electron chi connectivity index (χ1n) is 22.5. The summed E-state index contributed by atoms with van der Waals surface area (Å²) in [6.07, 6.45) is 0.592. The summed E-state index contributed by atoms with van der Waals surface area (Å²) in [6, 6.07) is 7.07. The number of hydrogen-bond donors (Lipinski definition) is 1. The van der Waals surface area contributed by atoms with Crippen molar-refractivity contribution < 1.29 is 38.2 Å². The number of guanidine groups is 1. The van der Waals surface area contributed by atoms with Crippen molar-refractivity contribution in [2.24, 2.45) is 22.7 Å². The first-order valence-corrected chi connectivity index (χ1v) is 22.5. The summed E-state index contributed by atoms with van der Waals surface area (Å²) in [7, 11) is 15.8. The summed E-state index contributed by atoms with van der Waals surface area (Å²) in [5.74, 6) is -1.13. The molecule has 5 amide bonds. The molecule has 1 heterocycles. The highest BCUT2D eigenvalue weighted by molar-refractivity contribution is 5.89. The minimum Gasteiger partial charge on any atom is -0.444 e. The minimum atomic E-state index is -0.906. The van der Waals surface area contributed by atoms with Crippen LogP contribution in [0.4, 0.5) is 4.79 Å². The van der Waals surface area contributed by atoms with Gasteiger partial charge in [-0.05, 0) is 51.0 Å². The molecule has 358 valence electrons. The zero-order chi connectivity index (χ0) is 47.9. The number of methoxy groups -OCH3 is 2. The number of carbonyl (C=O) groups is 5. The van der Waals surface area contributed by atoms with Crippen LogP contribution in [0, 0.1) is 17.8 Å². The Morgan fingerprint density at radius 3 is 1.95 bits per heavy atom. The molecule has 0 aliphatic carbocycles. The van der Waals surface area contributed by atoms with Gasteiger partial charge in [0.2, 0.25) is 23.6 Å². The summed E-state index contributed by atoms with van der Waals surface area (Å²) in [6.45, 7) is 16.2. The van der Waals surface area contributed by atoms with E-state index >= 15 is 0 Å². The van der Waals surface area contributed by atoms with E-state index in [4.69, 9.17) is 19.2 Å². The van der Waals surface area contributed by atoms with Crippen LogP contribution in [0.3, 0.4) is 0 Å². The maximum atomic E-state index is 14.4. The van der Waals surface area contributed by atoms with Gasteiger partial charge in [0.05, 0.1) is 36.6 Å². The van der Waals surface area contributed by atoms with E-state index in [2.05, 4.69) is 19.2 Å². The number of nitrogens with one attached hydrogen (secondary N) is 1. The first-order chi connectivity index (χ1) is 29.4. The zero-order valence-corrected chi connectivity index (χ0v) is 41.6. The average Bonchev–Trinajstić information content (AvgIpc) is 3.70. The fraction of sp³-hybridized carbons (Fsp3) is 0.745. The molecule has 1 aliphatic rings. The van der Waals surface area contributed by atoms with E-state index in [1.807, 2.05) is 82.2 Å². The molecule has 0 unspecified atom stereocenters. The number of amides is 5. The van der Waals surface area contributed by atoms with Crippen molar-refractivity contribution in [2.45, 2.75) is 129 Å². The lowest BCUT2D eigenvalue weighted by atomic mass is 9.89. The van der Waals surface area contributed by atoms with Gasteiger partial charge >= 0.3 is 6.09 Å². The molecule has 0 radical (unpaired) electrons. The molecule has 1 fully saturated rings. The predicted octanol–water partition coefficient (Wildman–Crippen LogP) is 4.46. The average molecular weight is 887 g/mol. The zero-order valence-electron chi connectivity index (χ0n) is 41.6. The molecule has 1 N–H and O–H groups in total. The highest BCUT2D eigenvalue weighted by Gasteiger charge is 2.43. The van der Waals surface area contributed by atoms with E-state index in [1.54, 1.807) is 72.9 Å². The molecule has 16 nitrogen and oxygen atoms in total. The van der Waals surface area contributed by atoms with Gasteiger partial charge in [-0.1, -0.05) is 71.4 Å². The Morgan fingerprint density at radius 2 is 1.44 bits per heavy atom. The van der Waals surface area contributed by atoms with Gasteiger partial charge in [-0.2, -0.15) is 0 Å². The Bertz CT molecular complexity index is 1640. The molecule has 8 atom stereocenters. The third-order valence-corrected chi connectivity index (χ3v) is 11.9. The van der Waals surface area contributed by atoms with Crippen LogP contribution in [-0.4, -0.2) is 190 Å². The highest BCUT2D eigenvalue weighted by atomic mass is 16.6. The van der Waals surface area contributed by atoms with E-state index in [9.17, 15) is 24.0 Å². The van der Waals surface area contributed by atoms with E-state index in [1.165, 1.54) is 9.80 Å². The van der Waals surface area contributed by atoms with Gasteiger partial charge in [-0.3, -0.25) is 19.2 Å². The van der Waals surface area contributed by atoms with Crippen LogP contribution in [-0.2, 0) is 39.8 Å². The molecule has 0 spiro atoms. The minimum absolute atomic E-state index is 0.00283. The molecule has 0 aromatic heterocycles. The lowest BCUT2D eigenvalue weighted by Gasteiger charge is -2.40. The molecular formula is C47H82N8O8. The second-order valence-corrected chi connectivity index (χ2v) is 18.9. The number of ether oxygens (including phenoxy) is 3. The number of carbonyl (C=O) groups excluding carboxylic acids is 5. The smallest absolute Gasteiger partial charge is 0.410 e. The summed E-state index contributed by atoms with van der Waals surface area (Å²) < 4.78 is 17.6. The molecule has 1 saturated heterocycles. The highest BCUT2D eigenvalue weighted by Crippen LogP contribution is 2.30. The van der Waals surface area contributed by atoms with Crippen molar-refractivity contribution in [3.63, 3.8) is 0 Å². The largest absolute Gasteiger partial charge is 0.444 e. The van der Waals surface area contributed by atoms with Crippen LogP contribution in [0.5, 0.6) is 0 Å². The van der Waals surface area contributed by atoms with E-state index in [0.717, 1.165) is 18.4 Å². The number of hydrogen-bond acceptors (Lipinski definition) is 9. The number of nitrogens with zero attached hydrogens (tertiary/aromatic N) is 7. The Labute approximate surface area is 379 Å². The fourth-order valence-corrected chi connectivity index (χ4v) is 8.22. The second kappa shape index (κ2) is 25.2. The van der Waals surface area contributed by atoms with Gasteiger partial charge < -0.3 is 48.9 Å². The molecular weight excluding hydrogens is 805 g/mol. The van der Waals surface area contributed by atoms with Crippen molar-refractivity contribution in [2.75, 3.05) is 83.2 Å². The van der Waals surface area contributed by atoms with Gasteiger partial charge in [-0.15, -0.1) is 0 Å². The van der Waals surface area contributed by atoms with Crippen molar-refractivity contribution >= 4 is 35.7 Å². The van der Waals surface area contributed by atoms with Gasteiger partial charge in [-0.25, -0.2) is 9.79 Å². The van der Waals surface area contributed by atoms with Gasteiger partial charge in [0.1, 0.15) is 17.7 Å². The van der Waals surface area contributed by atoms with Gasteiger partial charge in [0, 0.05) is 89.6 Å². The monoisotopic (exact) mass is 887 g/mol. The fourth-order valence-electron chi connectivity index (χ4n) is 8.22. The first kappa shape index (κ1) is 54.7. The van der Waals surface area contributed by atoms with Crippen LogP contribution >= 0.6 is 0 Å². The van der Waals surface area contributed by atoms with Crippen molar-refractivity contribution in [3.05, 3.63) is 35.9 Å². The summed E-state index contributed by atoms with van der Waals surface area (Å²) in [4.78, 5) is 84.6. The molecule has 16 heteroatoms. The third kappa shape index (κ3) is 15.9. The standard InChI is InChI=1S/C47H82N8O8/c1-18-32(4)40(54(15)44(59)39(31(2)3)49-45(50(9)10)51(11)12)37(61-16)30-38(56)55-26-22-25-36(55)41(62-17)33(5)42(57)48-35(29-34-23-20-19-21-24-34)43(58)52(13)27-28-53(14)46(60)63-47(6,7)8/h19-21,23-24,31-33,35-37,39-41H,18,22,25-30H2,1-17H3,(H,48,57)/t32-,33+,35-,36-,37+,39-,40-,41+/m0/s1. The Morgan fingerprint density at radius 1 is 0.857 bits per heavy atom. The van der Waals surface area contributed by atoms with Crippen LogP contribution in [0.15, 0.2) is 35.3 Å². The van der Waals surface area contributed by atoms with Crippen molar-refractivity contribution in [1.82, 2.24) is 34.7 Å². The Balaban J connectivity index is 2.33. The number of likely N-dealkylation sites (tertiary alicyclic amines) is 1. The summed E-state index contributed by atoms with van der Waals surface area (Å²) >= 11 is 0. The van der Waals surface area contributed by atoms with Crippen LogP contribution in [0.2, 0.25) is 0 Å². The molecule has 1 aliphatic heterocycles. The van der Waals surface area contributed by atoms with Crippen molar-refractivity contribution in [3.8, 4) is 0 Å². The van der Waals surface area contributed by atoms with Gasteiger partial charge in [0.15, 0.2) is 5.96 Å². The Kier molecular flexibility index (Phi) is 21.8. The number of aliphatic imine (C=N–C) groups is 1. The maximum Gasteiger partial charge on any atom is 0.410 e. The van der Waals surface area contributed by atoms with E-state index < -0.39 is 54.0 Å². The van der Waals surface area contributed by atoms with E-state index in [-0.39, 0.29) is 61.4 Å². The summed E-state index contributed by atoms with van der Waals surface area (Å²) in [5, 5.41) is 3.02. The molecule has 0 saturated carbocycles. The lowest BCUT2D eigenvalue weighted by molar-refractivity contribution is -0.147. The number of benzene rings is 1. The summed E-state index contributed by atoms with van der Waals surface area (Å²) in [5.41, 5.74) is 0.212. The van der Waals surface area contributed by atoms with Gasteiger partial charge in [0.25, 0.3) is 0 Å². The molecule has 1 aromatic carbocycles. The quantitative estimate of drug-likeness (QED) is 0.138. The van der Waals surface area contributed by atoms with Crippen LogP contribution < -0.4 is 5.32 Å². The molecule has 1 aromatic rings. The molecule has 2 rings (SSSR count).